The van der Waals surface area contributed by atoms with Crippen LogP contribution in [0, 0.1) is 13.8 Å². The lowest BCUT2D eigenvalue weighted by Gasteiger charge is -2.32. The summed E-state index contributed by atoms with van der Waals surface area (Å²) in [5.41, 5.74) is 2.66. The Hall–Kier alpha value is -2.29. The number of benzene rings is 2. The molecule has 0 unspecified atom stereocenters. The van der Waals surface area contributed by atoms with Crippen LogP contribution in [0.1, 0.15) is 43.9 Å². The normalized spacial score (nSPS) is 13.1. The summed E-state index contributed by atoms with van der Waals surface area (Å²) in [6, 6.07) is 9.44. The minimum atomic E-state index is -3.79. The van der Waals surface area contributed by atoms with Crippen LogP contribution in [0.3, 0.4) is 0 Å². The highest BCUT2D eigenvalue weighted by molar-refractivity contribution is 7.92. The van der Waals surface area contributed by atoms with E-state index in [1.165, 1.54) is 4.90 Å². The number of carbonyl (C=O) groups is 2. The van der Waals surface area contributed by atoms with Crippen LogP contribution in [0.25, 0.3) is 0 Å². The number of amides is 2. The van der Waals surface area contributed by atoms with E-state index in [4.69, 9.17) is 23.2 Å². The molecule has 2 atom stereocenters. The van der Waals surface area contributed by atoms with Gasteiger partial charge in [-0.3, -0.25) is 13.9 Å². The van der Waals surface area contributed by atoms with Crippen LogP contribution in [-0.2, 0) is 26.2 Å². The van der Waals surface area contributed by atoms with Gasteiger partial charge in [0.1, 0.15) is 12.6 Å². The van der Waals surface area contributed by atoms with Crippen molar-refractivity contribution < 1.29 is 18.0 Å². The molecule has 0 aliphatic carbocycles. The second kappa shape index (κ2) is 12.1. The second-order valence-electron chi connectivity index (χ2n) is 8.82. The molecule has 0 heterocycles. The smallest absolute Gasteiger partial charge is 0.244 e. The maximum absolute atomic E-state index is 13.6. The molecule has 0 bridgehead atoms. The Balaban J connectivity index is 2.45. The van der Waals surface area contributed by atoms with Gasteiger partial charge in [0.15, 0.2) is 0 Å². The molecular weight excluding hydrogens is 509 g/mol. The molecule has 0 radical (unpaired) electrons. The van der Waals surface area contributed by atoms with Gasteiger partial charge in [0.05, 0.1) is 22.0 Å². The number of halogens is 2. The van der Waals surface area contributed by atoms with Gasteiger partial charge in [0.2, 0.25) is 21.8 Å². The molecule has 7 nitrogen and oxygen atoms in total. The van der Waals surface area contributed by atoms with Gasteiger partial charge in [0, 0.05) is 12.6 Å². The third-order valence-corrected chi connectivity index (χ3v) is 7.68. The third-order valence-electron chi connectivity index (χ3n) is 5.82. The molecule has 2 aromatic rings. The minimum Gasteiger partial charge on any atom is -0.352 e. The van der Waals surface area contributed by atoms with Crippen molar-refractivity contribution in [2.45, 2.75) is 59.7 Å². The van der Waals surface area contributed by atoms with E-state index in [2.05, 4.69) is 5.32 Å². The number of nitrogens with zero attached hydrogens (tertiary/aromatic N) is 2. The molecule has 0 aromatic heterocycles. The summed E-state index contributed by atoms with van der Waals surface area (Å²) in [6.07, 6.45) is 1.79. The van der Waals surface area contributed by atoms with Gasteiger partial charge >= 0.3 is 0 Å². The topological polar surface area (TPSA) is 86.8 Å². The average Bonchev–Trinajstić information content (AvgIpc) is 2.78. The number of anilines is 1. The zero-order valence-corrected chi connectivity index (χ0v) is 23.3. The SMILES string of the molecule is CC[C@H](C)NC(=O)[C@@H](C)N(Cc1ccc(Cl)c(Cl)c1)C(=O)CN(c1cc(C)ccc1C)S(C)(=O)=O. The molecule has 192 valence electrons. The molecular formula is C25H33Cl2N3O4S. The lowest BCUT2D eigenvalue weighted by Crippen LogP contribution is -2.52. The van der Waals surface area contributed by atoms with Crippen molar-refractivity contribution in [1.82, 2.24) is 10.2 Å². The minimum absolute atomic E-state index is 0.0508. The van der Waals surface area contributed by atoms with Crippen LogP contribution in [0.5, 0.6) is 0 Å². The molecule has 2 rings (SSSR count). The highest BCUT2D eigenvalue weighted by atomic mass is 35.5. The van der Waals surface area contributed by atoms with Crippen LogP contribution in [-0.4, -0.2) is 50.0 Å². The van der Waals surface area contributed by atoms with Crippen molar-refractivity contribution in [3.63, 3.8) is 0 Å². The summed E-state index contributed by atoms with van der Waals surface area (Å²) < 4.78 is 26.5. The van der Waals surface area contributed by atoms with Crippen molar-refractivity contribution in [3.05, 3.63) is 63.1 Å². The first-order valence-corrected chi connectivity index (χ1v) is 13.9. The summed E-state index contributed by atoms with van der Waals surface area (Å²) in [5, 5.41) is 3.58. The molecule has 0 fully saturated rings. The fraction of sp³-hybridized carbons (Fsp3) is 0.440. The number of sulfonamides is 1. The van der Waals surface area contributed by atoms with E-state index in [0.29, 0.717) is 26.9 Å². The molecule has 0 spiro atoms. The van der Waals surface area contributed by atoms with Gasteiger partial charge in [-0.2, -0.15) is 0 Å². The van der Waals surface area contributed by atoms with E-state index in [-0.39, 0.29) is 18.5 Å². The lowest BCUT2D eigenvalue weighted by molar-refractivity contribution is -0.139. The van der Waals surface area contributed by atoms with E-state index >= 15 is 0 Å². The number of rotatable bonds is 10. The highest BCUT2D eigenvalue weighted by Gasteiger charge is 2.31. The Kier molecular flexibility index (Phi) is 10.0. The predicted octanol–water partition coefficient (Wildman–Crippen LogP) is 4.71. The first-order valence-electron chi connectivity index (χ1n) is 11.3. The average molecular weight is 543 g/mol. The Morgan fingerprint density at radius 3 is 2.26 bits per heavy atom. The number of nitrogens with one attached hydrogen (secondary N) is 1. The summed E-state index contributed by atoms with van der Waals surface area (Å²) >= 11 is 12.2. The van der Waals surface area contributed by atoms with E-state index < -0.39 is 28.5 Å². The number of aryl methyl sites for hydroxylation is 2. The van der Waals surface area contributed by atoms with Gasteiger partial charge in [-0.25, -0.2) is 8.42 Å². The molecule has 0 saturated carbocycles. The van der Waals surface area contributed by atoms with Crippen molar-refractivity contribution in [3.8, 4) is 0 Å². The monoisotopic (exact) mass is 541 g/mol. The standard InChI is InChI=1S/C25H33Cl2N3O4S/c1-7-18(4)28-25(32)19(5)29(14-20-10-11-21(26)22(27)13-20)24(31)15-30(35(6,33)34)23-12-16(2)8-9-17(23)3/h8-13,18-19H,7,14-15H2,1-6H3,(H,28,32)/t18-,19+/m0/s1. The van der Waals surface area contributed by atoms with Crippen LogP contribution >= 0.6 is 23.2 Å². The van der Waals surface area contributed by atoms with Gasteiger partial charge in [-0.1, -0.05) is 48.3 Å². The Bertz CT molecular complexity index is 1190. The summed E-state index contributed by atoms with van der Waals surface area (Å²) in [4.78, 5) is 27.9. The number of carbonyl (C=O) groups excluding carboxylic acids is 2. The Morgan fingerprint density at radius 2 is 1.69 bits per heavy atom. The second-order valence-corrected chi connectivity index (χ2v) is 11.5. The van der Waals surface area contributed by atoms with Crippen molar-refractivity contribution in [1.29, 1.82) is 0 Å². The van der Waals surface area contributed by atoms with Gasteiger partial charge in [-0.05, 0) is 69.0 Å². The zero-order chi connectivity index (χ0) is 26.5. The van der Waals surface area contributed by atoms with Crippen molar-refractivity contribution in [2.75, 3.05) is 17.1 Å². The predicted molar refractivity (Wildman–Crippen MR) is 142 cm³/mol. The maximum Gasteiger partial charge on any atom is 0.244 e. The Morgan fingerprint density at radius 1 is 1.03 bits per heavy atom. The quantitative estimate of drug-likeness (QED) is 0.471. The van der Waals surface area contributed by atoms with Crippen LogP contribution in [0.2, 0.25) is 10.0 Å². The largest absolute Gasteiger partial charge is 0.352 e. The van der Waals surface area contributed by atoms with Crippen LogP contribution in [0.4, 0.5) is 5.69 Å². The van der Waals surface area contributed by atoms with Gasteiger partial charge < -0.3 is 10.2 Å². The molecule has 2 aromatic carbocycles. The van der Waals surface area contributed by atoms with E-state index in [1.54, 1.807) is 38.1 Å². The van der Waals surface area contributed by atoms with E-state index in [1.807, 2.05) is 32.9 Å². The van der Waals surface area contributed by atoms with Crippen LogP contribution < -0.4 is 9.62 Å². The number of hydrogen-bond acceptors (Lipinski definition) is 4. The van der Waals surface area contributed by atoms with Crippen molar-refractivity contribution in [2.24, 2.45) is 0 Å². The first kappa shape index (κ1) is 28.9. The summed E-state index contributed by atoms with van der Waals surface area (Å²) in [7, 11) is -3.79. The summed E-state index contributed by atoms with van der Waals surface area (Å²) in [6.45, 7) is 8.68. The zero-order valence-electron chi connectivity index (χ0n) is 20.9. The Labute approximate surface area is 218 Å². The molecule has 1 N–H and O–H groups in total. The third kappa shape index (κ3) is 7.85. The van der Waals surface area contributed by atoms with Gasteiger partial charge in [-0.15, -0.1) is 0 Å². The lowest BCUT2D eigenvalue weighted by atomic mass is 10.1. The maximum atomic E-state index is 13.6. The van der Waals surface area contributed by atoms with E-state index in [0.717, 1.165) is 22.5 Å². The van der Waals surface area contributed by atoms with E-state index in [9.17, 15) is 18.0 Å². The highest BCUT2D eigenvalue weighted by Crippen LogP contribution is 2.26. The first-order chi connectivity index (χ1) is 16.2. The fourth-order valence-electron chi connectivity index (χ4n) is 3.47. The number of hydrogen-bond donors (Lipinski definition) is 1. The molecule has 0 aliphatic heterocycles. The van der Waals surface area contributed by atoms with Crippen molar-refractivity contribution >= 4 is 50.7 Å². The molecule has 2 amide bonds. The molecule has 35 heavy (non-hydrogen) atoms. The molecule has 0 saturated heterocycles. The molecule has 10 heteroatoms. The molecule has 0 aliphatic rings. The van der Waals surface area contributed by atoms with Gasteiger partial charge in [0.25, 0.3) is 0 Å². The summed E-state index contributed by atoms with van der Waals surface area (Å²) in [5.74, 6) is -0.848. The fourth-order valence-corrected chi connectivity index (χ4v) is 4.69. The van der Waals surface area contributed by atoms with Crippen LogP contribution in [0.15, 0.2) is 36.4 Å².